The van der Waals surface area contributed by atoms with Gasteiger partial charge < -0.3 is 5.32 Å². The normalized spacial score (nSPS) is 19.3. The Labute approximate surface area is 119 Å². The first-order valence-electron chi connectivity index (χ1n) is 6.41. The molecule has 106 valence electrons. The maximum atomic E-state index is 12.4. The quantitative estimate of drug-likeness (QED) is 0.919. The Morgan fingerprint density at radius 1 is 1.21 bits per heavy atom. The Morgan fingerprint density at radius 2 is 1.79 bits per heavy atom. The van der Waals surface area contributed by atoms with Gasteiger partial charge in [0, 0.05) is 30.6 Å². The molecule has 0 aliphatic carbocycles. The SMILES string of the molecule is CNC(C)c1ccc(S(=O)(=O)N2CCSCC2)cc1. The van der Waals surface area contributed by atoms with Gasteiger partial charge in [-0.05, 0) is 31.7 Å². The highest BCUT2D eigenvalue weighted by molar-refractivity contribution is 7.99. The molecule has 1 saturated heterocycles. The molecule has 6 heteroatoms. The number of nitrogens with zero attached hydrogens (tertiary/aromatic N) is 1. The molecular weight excluding hydrogens is 280 g/mol. The number of benzene rings is 1. The summed E-state index contributed by atoms with van der Waals surface area (Å²) in [5.41, 5.74) is 1.09. The zero-order valence-corrected chi connectivity index (χ0v) is 12.9. The monoisotopic (exact) mass is 300 g/mol. The fourth-order valence-corrected chi connectivity index (χ4v) is 4.61. The Bertz CT molecular complexity index is 508. The Morgan fingerprint density at radius 3 is 2.32 bits per heavy atom. The predicted octanol–water partition coefficient (Wildman–Crippen LogP) is 1.70. The number of hydrogen-bond donors (Lipinski definition) is 1. The molecule has 1 atom stereocenters. The van der Waals surface area contributed by atoms with Crippen molar-refractivity contribution in [3.63, 3.8) is 0 Å². The van der Waals surface area contributed by atoms with Crippen LogP contribution in [0.25, 0.3) is 0 Å². The molecule has 4 nitrogen and oxygen atoms in total. The summed E-state index contributed by atoms with van der Waals surface area (Å²) in [5, 5.41) is 3.14. The third-order valence-electron chi connectivity index (χ3n) is 3.42. The first-order valence-corrected chi connectivity index (χ1v) is 9.00. The van der Waals surface area contributed by atoms with Crippen molar-refractivity contribution in [2.45, 2.75) is 17.9 Å². The lowest BCUT2D eigenvalue weighted by Gasteiger charge is -2.25. The minimum Gasteiger partial charge on any atom is -0.313 e. The van der Waals surface area contributed by atoms with Crippen molar-refractivity contribution >= 4 is 21.8 Å². The molecule has 0 bridgehead atoms. The van der Waals surface area contributed by atoms with Crippen molar-refractivity contribution in [3.8, 4) is 0 Å². The van der Waals surface area contributed by atoms with Crippen LogP contribution in [0.1, 0.15) is 18.5 Å². The van der Waals surface area contributed by atoms with Gasteiger partial charge in [-0.2, -0.15) is 16.1 Å². The van der Waals surface area contributed by atoms with E-state index in [0.717, 1.165) is 17.1 Å². The van der Waals surface area contributed by atoms with Gasteiger partial charge in [0.25, 0.3) is 0 Å². The van der Waals surface area contributed by atoms with Gasteiger partial charge in [0.05, 0.1) is 4.90 Å². The summed E-state index contributed by atoms with van der Waals surface area (Å²) in [6.45, 7) is 3.27. The van der Waals surface area contributed by atoms with E-state index in [0.29, 0.717) is 18.0 Å². The standard InChI is InChI=1S/C13H20N2O2S2/c1-11(14-2)12-3-5-13(6-4-12)19(16,17)15-7-9-18-10-8-15/h3-6,11,14H,7-10H2,1-2H3. The maximum absolute atomic E-state index is 12.4. The fraction of sp³-hybridized carbons (Fsp3) is 0.538. The summed E-state index contributed by atoms with van der Waals surface area (Å²) < 4.78 is 26.5. The smallest absolute Gasteiger partial charge is 0.243 e. The van der Waals surface area contributed by atoms with Crippen molar-refractivity contribution in [2.75, 3.05) is 31.6 Å². The Hall–Kier alpha value is -0.560. The number of rotatable bonds is 4. The highest BCUT2D eigenvalue weighted by atomic mass is 32.2. The van der Waals surface area contributed by atoms with Crippen LogP contribution in [-0.2, 0) is 10.0 Å². The molecule has 0 saturated carbocycles. The van der Waals surface area contributed by atoms with E-state index in [1.807, 2.05) is 26.1 Å². The van der Waals surface area contributed by atoms with Crippen LogP contribution in [-0.4, -0.2) is 44.4 Å². The number of hydrogen-bond acceptors (Lipinski definition) is 4. The summed E-state index contributed by atoms with van der Waals surface area (Å²) in [5.74, 6) is 1.77. The van der Waals surface area contributed by atoms with Crippen molar-refractivity contribution in [3.05, 3.63) is 29.8 Å². The average Bonchev–Trinajstić information content (AvgIpc) is 2.47. The largest absolute Gasteiger partial charge is 0.313 e. The van der Waals surface area contributed by atoms with E-state index in [1.165, 1.54) is 0 Å². The molecule has 1 heterocycles. The molecule has 1 fully saturated rings. The summed E-state index contributed by atoms with van der Waals surface area (Å²) in [4.78, 5) is 0.395. The van der Waals surface area contributed by atoms with Crippen molar-refractivity contribution in [1.29, 1.82) is 0 Å². The van der Waals surface area contributed by atoms with Crippen LogP contribution in [0.5, 0.6) is 0 Å². The first-order chi connectivity index (χ1) is 9.05. The molecule has 1 aliphatic heterocycles. The zero-order chi connectivity index (χ0) is 13.9. The van der Waals surface area contributed by atoms with Gasteiger partial charge in [-0.25, -0.2) is 8.42 Å². The van der Waals surface area contributed by atoms with E-state index in [9.17, 15) is 8.42 Å². The molecule has 0 radical (unpaired) electrons. The van der Waals surface area contributed by atoms with E-state index >= 15 is 0 Å². The summed E-state index contributed by atoms with van der Waals surface area (Å²) in [6.07, 6.45) is 0. The van der Waals surface area contributed by atoms with E-state index in [4.69, 9.17) is 0 Å². The molecule has 1 unspecified atom stereocenters. The van der Waals surface area contributed by atoms with Gasteiger partial charge in [-0.3, -0.25) is 0 Å². The van der Waals surface area contributed by atoms with Gasteiger partial charge in [0.15, 0.2) is 0 Å². The molecule has 1 aromatic carbocycles. The van der Waals surface area contributed by atoms with E-state index < -0.39 is 10.0 Å². The molecule has 0 spiro atoms. The number of nitrogens with one attached hydrogen (secondary N) is 1. The molecule has 1 aromatic rings. The topological polar surface area (TPSA) is 49.4 Å². The number of thioether (sulfide) groups is 1. The van der Waals surface area contributed by atoms with Crippen molar-refractivity contribution < 1.29 is 8.42 Å². The summed E-state index contributed by atoms with van der Waals surface area (Å²) in [6, 6.07) is 7.41. The predicted molar refractivity (Wildman–Crippen MR) is 80.0 cm³/mol. The van der Waals surface area contributed by atoms with Crippen LogP contribution < -0.4 is 5.32 Å². The molecular formula is C13H20N2O2S2. The molecule has 2 rings (SSSR count). The highest BCUT2D eigenvalue weighted by Gasteiger charge is 2.25. The van der Waals surface area contributed by atoms with Crippen LogP contribution >= 0.6 is 11.8 Å². The third-order valence-corrected chi connectivity index (χ3v) is 6.28. The second-order valence-electron chi connectivity index (χ2n) is 4.60. The minimum atomic E-state index is -3.31. The van der Waals surface area contributed by atoms with Gasteiger partial charge in [-0.1, -0.05) is 12.1 Å². The van der Waals surface area contributed by atoms with Gasteiger partial charge in [0.1, 0.15) is 0 Å². The van der Waals surface area contributed by atoms with Crippen molar-refractivity contribution in [1.82, 2.24) is 9.62 Å². The summed E-state index contributed by atoms with van der Waals surface area (Å²) >= 11 is 1.80. The summed E-state index contributed by atoms with van der Waals surface area (Å²) in [7, 11) is -1.42. The minimum absolute atomic E-state index is 0.225. The fourth-order valence-electron chi connectivity index (χ4n) is 2.03. The Kier molecular flexibility index (Phi) is 4.89. The average molecular weight is 300 g/mol. The van der Waals surface area contributed by atoms with Crippen molar-refractivity contribution in [2.24, 2.45) is 0 Å². The number of sulfonamides is 1. The van der Waals surface area contributed by atoms with Gasteiger partial charge in [-0.15, -0.1) is 0 Å². The lowest BCUT2D eigenvalue weighted by molar-refractivity contribution is 0.443. The van der Waals surface area contributed by atoms with Crippen LogP contribution in [0.3, 0.4) is 0 Å². The van der Waals surface area contributed by atoms with Gasteiger partial charge in [0.2, 0.25) is 10.0 Å². The van der Waals surface area contributed by atoms with Gasteiger partial charge >= 0.3 is 0 Å². The maximum Gasteiger partial charge on any atom is 0.243 e. The highest BCUT2D eigenvalue weighted by Crippen LogP contribution is 2.21. The first kappa shape index (κ1) is 14.8. The molecule has 0 amide bonds. The third kappa shape index (κ3) is 3.31. The molecule has 19 heavy (non-hydrogen) atoms. The van der Waals surface area contributed by atoms with E-state index in [1.54, 1.807) is 28.2 Å². The Balaban J connectivity index is 2.21. The lowest BCUT2D eigenvalue weighted by Crippen LogP contribution is -2.37. The lowest BCUT2D eigenvalue weighted by atomic mass is 10.1. The molecule has 1 aliphatic rings. The zero-order valence-electron chi connectivity index (χ0n) is 11.3. The van der Waals surface area contributed by atoms with E-state index in [2.05, 4.69) is 5.32 Å². The van der Waals surface area contributed by atoms with E-state index in [-0.39, 0.29) is 6.04 Å². The second-order valence-corrected chi connectivity index (χ2v) is 7.76. The van der Waals surface area contributed by atoms with Crippen LogP contribution in [0.4, 0.5) is 0 Å². The molecule has 0 aromatic heterocycles. The van der Waals surface area contributed by atoms with Crippen LogP contribution in [0, 0.1) is 0 Å². The van der Waals surface area contributed by atoms with Crippen LogP contribution in [0.15, 0.2) is 29.2 Å². The van der Waals surface area contributed by atoms with Crippen LogP contribution in [0.2, 0.25) is 0 Å². The second kappa shape index (κ2) is 6.26. The molecule has 1 N–H and O–H groups in total.